The Morgan fingerprint density at radius 3 is 2.81 bits per heavy atom. The van der Waals surface area contributed by atoms with Crippen LogP contribution in [0.1, 0.15) is 6.92 Å². The van der Waals surface area contributed by atoms with Gasteiger partial charge < -0.3 is 10.8 Å². The number of non-ortho nitro benzene ring substituents is 1. The molecular weight excluding hydrogens is 228 g/mol. The number of nitrogens with zero attached hydrogens (tertiary/aromatic N) is 1. The van der Waals surface area contributed by atoms with Crippen LogP contribution in [0.3, 0.4) is 0 Å². The van der Waals surface area contributed by atoms with E-state index in [0.717, 1.165) is 10.6 Å². The number of hydrogen-bond donors (Lipinski definition) is 2. The number of benzene rings is 1. The Kier molecular flexibility index (Phi) is 4.57. The Morgan fingerprint density at radius 1 is 1.62 bits per heavy atom. The molecule has 0 spiro atoms. The van der Waals surface area contributed by atoms with Crippen molar-refractivity contribution in [2.45, 2.75) is 11.8 Å². The average molecular weight is 242 g/mol. The van der Waals surface area contributed by atoms with Crippen molar-refractivity contribution in [1.82, 2.24) is 0 Å². The molecule has 0 bridgehead atoms. The molecule has 1 unspecified atom stereocenters. The number of thioether (sulfide) groups is 1. The van der Waals surface area contributed by atoms with Gasteiger partial charge in [0, 0.05) is 29.4 Å². The van der Waals surface area contributed by atoms with Crippen LogP contribution in [-0.2, 0) is 0 Å². The molecule has 16 heavy (non-hydrogen) atoms. The minimum Gasteiger partial charge on any atom is -0.398 e. The number of nitro benzene ring substituents is 1. The van der Waals surface area contributed by atoms with Gasteiger partial charge in [-0.05, 0) is 12.0 Å². The second-order valence-electron chi connectivity index (χ2n) is 3.58. The number of aliphatic hydroxyl groups is 1. The summed E-state index contributed by atoms with van der Waals surface area (Å²) in [6.07, 6.45) is 0. The summed E-state index contributed by atoms with van der Waals surface area (Å²) in [6.45, 7) is 2.05. The second kappa shape index (κ2) is 5.72. The van der Waals surface area contributed by atoms with E-state index in [4.69, 9.17) is 10.8 Å². The number of nitrogens with two attached hydrogens (primary N) is 1. The van der Waals surface area contributed by atoms with E-state index >= 15 is 0 Å². The highest BCUT2D eigenvalue weighted by Crippen LogP contribution is 2.29. The molecule has 0 aliphatic rings. The van der Waals surface area contributed by atoms with Crippen molar-refractivity contribution in [3.8, 4) is 0 Å². The molecule has 0 heterocycles. The zero-order chi connectivity index (χ0) is 12.1. The molecule has 0 radical (unpaired) electrons. The highest BCUT2D eigenvalue weighted by Gasteiger charge is 2.10. The summed E-state index contributed by atoms with van der Waals surface area (Å²) in [6, 6.07) is 4.43. The fourth-order valence-electron chi connectivity index (χ4n) is 1.07. The normalized spacial score (nSPS) is 12.4. The van der Waals surface area contributed by atoms with Crippen LogP contribution in [0.25, 0.3) is 0 Å². The van der Waals surface area contributed by atoms with E-state index in [0.29, 0.717) is 5.69 Å². The van der Waals surface area contributed by atoms with Crippen molar-refractivity contribution in [3.05, 3.63) is 28.3 Å². The predicted octanol–water partition coefficient (Wildman–Crippen LogP) is 1.90. The van der Waals surface area contributed by atoms with Crippen LogP contribution in [-0.4, -0.2) is 22.4 Å². The van der Waals surface area contributed by atoms with Crippen LogP contribution < -0.4 is 5.73 Å². The molecule has 1 atom stereocenters. The quantitative estimate of drug-likeness (QED) is 0.356. The first-order valence-electron chi connectivity index (χ1n) is 4.82. The van der Waals surface area contributed by atoms with Crippen LogP contribution >= 0.6 is 11.8 Å². The smallest absolute Gasteiger partial charge is 0.271 e. The van der Waals surface area contributed by atoms with Crippen LogP contribution in [0, 0.1) is 16.0 Å². The molecule has 1 aromatic carbocycles. The van der Waals surface area contributed by atoms with Gasteiger partial charge in [-0.15, -0.1) is 11.8 Å². The van der Waals surface area contributed by atoms with Crippen molar-refractivity contribution in [2.75, 3.05) is 18.1 Å². The van der Waals surface area contributed by atoms with Gasteiger partial charge in [0.1, 0.15) is 0 Å². The summed E-state index contributed by atoms with van der Waals surface area (Å²) in [4.78, 5) is 10.8. The van der Waals surface area contributed by atoms with Gasteiger partial charge in [-0.1, -0.05) is 6.92 Å². The molecule has 5 nitrogen and oxygen atoms in total. The van der Waals surface area contributed by atoms with Gasteiger partial charge in [-0.2, -0.15) is 0 Å². The molecule has 1 aromatic rings. The lowest BCUT2D eigenvalue weighted by atomic mass is 10.2. The first-order valence-corrected chi connectivity index (χ1v) is 5.80. The Morgan fingerprint density at radius 2 is 2.31 bits per heavy atom. The molecule has 0 aromatic heterocycles. The Bertz CT molecular complexity index is 384. The summed E-state index contributed by atoms with van der Waals surface area (Å²) in [7, 11) is 0. The zero-order valence-electron chi connectivity index (χ0n) is 8.92. The van der Waals surface area contributed by atoms with E-state index in [9.17, 15) is 10.1 Å². The van der Waals surface area contributed by atoms with Gasteiger partial charge in [-0.25, -0.2) is 0 Å². The topological polar surface area (TPSA) is 89.4 Å². The van der Waals surface area contributed by atoms with Crippen molar-refractivity contribution < 1.29 is 10.0 Å². The van der Waals surface area contributed by atoms with Crippen molar-refractivity contribution >= 4 is 23.1 Å². The summed E-state index contributed by atoms with van der Waals surface area (Å²) in [5.41, 5.74) is 6.10. The molecule has 3 N–H and O–H groups in total. The molecule has 0 aliphatic heterocycles. The van der Waals surface area contributed by atoms with Crippen LogP contribution in [0.5, 0.6) is 0 Å². The Hall–Kier alpha value is -1.27. The molecule has 0 fully saturated rings. The van der Waals surface area contributed by atoms with Gasteiger partial charge in [0.25, 0.3) is 5.69 Å². The largest absolute Gasteiger partial charge is 0.398 e. The van der Waals surface area contributed by atoms with Crippen LogP contribution in [0.2, 0.25) is 0 Å². The van der Waals surface area contributed by atoms with Gasteiger partial charge in [0.15, 0.2) is 0 Å². The maximum Gasteiger partial charge on any atom is 0.271 e. The fraction of sp³-hybridized carbons (Fsp3) is 0.400. The van der Waals surface area contributed by atoms with E-state index in [2.05, 4.69) is 0 Å². The summed E-state index contributed by atoms with van der Waals surface area (Å²) in [5, 5.41) is 19.4. The maximum absolute atomic E-state index is 10.5. The second-order valence-corrected chi connectivity index (χ2v) is 4.64. The monoisotopic (exact) mass is 242 g/mol. The SMILES string of the molecule is CC(CO)CSc1ccc([N+](=O)[O-])cc1N. The van der Waals surface area contributed by atoms with Crippen molar-refractivity contribution in [3.63, 3.8) is 0 Å². The first-order chi connectivity index (χ1) is 7.54. The number of hydrogen-bond acceptors (Lipinski definition) is 5. The van der Waals surface area contributed by atoms with Gasteiger partial charge in [0.2, 0.25) is 0 Å². The Labute approximate surface area is 97.8 Å². The van der Waals surface area contributed by atoms with E-state index < -0.39 is 4.92 Å². The first kappa shape index (κ1) is 12.8. The third kappa shape index (κ3) is 3.39. The minimum absolute atomic E-state index is 0.00273. The molecule has 0 saturated carbocycles. The third-order valence-electron chi connectivity index (χ3n) is 2.04. The minimum atomic E-state index is -0.471. The molecular formula is C10H14N2O3S. The van der Waals surface area contributed by atoms with E-state index in [-0.39, 0.29) is 18.2 Å². The number of aliphatic hydroxyl groups excluding tert-OH is 1. The number of nitro groups is 1. The number of nitrogen functional groups attached to an aromatic ring is 1. The Balaban J connectivity index is 2.72. The standard InChI is InChI=1S/C10H14N2O3S/c1-7(5-13)6-16-10-3-2-8(12(14)15)4-9(10)11/h2-4,7,13H,5-6,11H2,1H3. The van der Waals surface area contributed by atoms with Crippen LogP contribution in [0.15, 0.2) is 23.1 Å². The number of anilines is 1. The summed E-state index contributed by atoms with van der Waals surface area (Å²) < 4.78 is 0. The lowest BCUT2D eigenvalue weighted by Gasteiger charge is -2.08. The van der Waals surface area contributed by atoms with Gasteiger partial charge >= 0.3 is 0 Å². The van der Waals surface area contributed by atoms with Crippen molar-refractivity contribution in [2.24, 2.45) is 5.92 Å². The van der Waals surface area contributed by atoms with E-state index in [1.807, 2.05) is 6.92 Å². The van der Waals surface area contributed by atoms with Gasteiger partial charge in [0.05, 0.1) is 10.6 Å². The fourth-order valence-corrected chi connectivity index (χ4v) is 2.02. The lowest BCUT2D eigenvalue weighted by Crippen LogP contribution is -2.03. The van der Waals surface area contributed by atoms with E-state index in [1.165, 1.54) is 23.9 Å². The van der Waals surface area contributed by atoms with Gasteiger partial charge in [-0.3, -0.25) is 10.1 Å². The third-order valence-corrected chi connectivity index (χ3v) is 3.46. The molecule has 88 valence electrons. The van der Waals surface area contributed by atoms with E-state index in [1.54, 1.807) is 6.07 Å². The molecule has 6 heteroatoms. The molecule has 0 amide bonds. The predicted molar refractivity (Wildman–Crippen MR) is 64.5 cm³/mol. The lowest BCUT2D eigenvalue weighted by molar-refractivity contribution is -0.384. The number of rotatable bonds is 5. The highest BCUT2D eigenvalue weighted by molar-refractivity contribution is 7.99. The maximum atomic E-state index is 10.5. The molecule has 0 aliphatic carbocycles. The van der Waals surface area contributed by atoms with Crippen LogP contribution in [0.4, 0.5) is 11.4 Å². The van der Waals surface area contributed by atoms with Crippen molar-refractivity contribution in [1.29, 1.82) is 0 Å². The summed E-state index contributed by atoms with van der Waals surface area (Å²) in [5.74, 6) is 0.915. The molecule has 1 rings (SSSR count). The summed E-state index contributed by atoms with van der Waals surface area (Å²) >= 11 is 1.49. The molecule has 0 saturated heterocycles. The highest BCUT2D eigenvalue weighted by atomic mass is 32.2. The zero-order valence-corrected chi connectivity index (χ0v) is 9.74. The average Bonchev–Trinajstić information content (AvgIpc) is 2.26.